The van der Waals surface area contributed by atoms with Crippen molar-refractivity contribution in [2.24, 2.45) is 0 Å². The van der Waals surface area contributed by atoms with Gasteiger partial charge in [0.05, 0.1) is 10.5 Å². The van der Waals surface area contributed by atoms with Crippen molar-refractivity contribution in [2.45, 2.75) is 20.5 Å². The number of aromatic nitrogens is 3. The highest BCUT2D eigenvalue weighted by molar-refractivity contribution is 5.91. The number of benzene rings is 2. The third-order valence-electron chi connectivity index (χ3n) is 4.85. The van der Waals surface area contributed by atoms with Crippen LogP contribution in [-0.2, 0) is 11.3 Å². The van der Waals surface area contributed by atoms with Crippen molar-refractivity contribution in [1.29, 1.82) is 0 Å². The molecule has 0 spiro atoms. The number of carbonyl (C=O) groups excluding carboxylic acids is 1. The van der Waals surface area contributed by atoms with Crippen molar-refractivity contribution in [1.82, 2.24) is 14.8 Å². The molecule has 2 aromatic heterocycles. The van der Waals surface area contributed by atoms with Crippen molar-refractivity contribution in [3.05, 3.63) is 93.4 Å². The number of ether oxygens (including phenoxy) is 1. The van der Waals surface area contributed by atoms with Gasteiger partial charge in [-0.25, -0.2) is 9.18 Å². The van der Waals surface area contributed by atoms with Crippen molar-refractivity contribution < 1.29 is 23.3 Å². The summed E-state index contributed by atoms with van der Waals surface area (Å²) >= 11 is 0. The number of carbonyl (C=O) groups is 1. The SMILES string of the molecule is Cc1cc(C(=O)OCc2nnc(-c3ccc([N+](=O)[O-])cc3)o2)c(C)n1-c1ccc(F)cc1. The predicted octanol–water partition coefficient (Wildman–Crippen LogP) is 4.55. The molecule has 0 atom stereocenters. The Morgan fingerprint density at radius 3 is 2.47 bits per heavy atom. The topological polar surface area (TPSA) is 113 Å². The molecule has 4 rings (SSSR count). The zero-order valence-corrected chi connectivity index (χ0v) is 17.1. The number of hydrogen-bond donors (Lipinski definition) is 0. The molecular weight excluding hydrogens is 419 g/mol. The van der Waals surface area contributed by atoms with Crippen molar-refractivity contribution >= 4 is 11.7 Å². The van der Waals surface area contributed by atoms with E-state index in [1.165, 1.54) is 36.4 Å². The standard InChI is InChI=1S/C22H17FN4O5/c1-13-11-19(14(2)26(13)17-9-5-16(23)6-10-17)22(28)31-12-20-24-25-21(32-20)15-3-7-18(8-4-15)27(29)30/h3-11H,12H2,1-2H3. The van der Waals surface area contributed by atoms with Crippen LogP contribution < -0.4 is 0 Å². The van der Waals surface area contributed by atoms with Crippen LogP contribution in [0.4, 0.5) is 10.1 Å². The molecule has 9 nitrogen and oxygen atoms in total. The molecule has 0 bridgehead atoms. The monoisotopic (exact) mass is 436 g/mol. The van der Waals surface area contributed by atoms with Crippen LogP contribution in [0.5, 0.6) is 0 Å². The Labute approximate surface area is 181 Å². The molecule has 0 fully saturated rings. The first-order valence-corrected chi connectivity index (χ1v) is 9.52. The Kier molecular flexibility index (Phi) is 5.50. The Hall–Kier alpha value is -4.34. The minimum atomic E-state index is -0.568. The maximum atomic E-state index is 13.2. The lowest BCUT2D eigenvalue weighted by Gasteiger charge is -2.09. The average Bonchev–Trinajstić information content (AvgIpc) is 3.37. The summed E-state index contributed by atoms with van der Waals surface area (Å²) in [4.78, 5) is 22.9. The smallest absolute Gasteiger partial charge is 0.340 e. The number of nitro benzene ring substituents is 1. The third kappa shape index (κ3) is 4.10. The van der Waals surface area contributed by atoms with E-state index < -0.39 is 10.9 Å². The van der Waals surface area contributed by atoms with Crippen LogP contribution in [0, 0.1) is 29.8 Å². The molecule has 0 N–H and O–H groups in total. The molecule has 0 aliphatic carbocycles. The molecule has 0 saturated carbocycles. The molecule has 0 amide bonds. The summed E-state index contributed by atoms with van der Waals surface area (Å²) in [6, 6.07) is 13.3. The minimum absolute atomic E-state index is 0.0549. The van der Waals surface area contributed by atoms with E-state index in [-0.39, 0.29) is 29.9 Å². The number of non-ortho nitro benzene ring substituents is 1. The number of nitrogens with zero attached hydrogens (tertiary/aromatic N) is 4. The zero-order valence-electron chi connectivity index (χ0n) is 17.1. The van der Waals surface area contributed by atoms with Gasteiger partial charge in [-0.1, -0.05) is 0 Å². The number of aryl methyl sites for hydroxylation is 1. The number of halogens is 1. The number of hydrogen-bond acceptors (Lipinski definition) is 7. The molecule has 0 saturated heterocycles. The molecule has 0 aliphatic rings. The quantitative estimate of drug-likeness (QED) is 0.247. The summed E-state index contributed by atoms with van der Waals surface area (Å²) in [5, 5.41) is 18.5. The van der Waals surface area contributed by atoms with E-state index in [0.29, 0.717) is 16.8 Å². The first-order chi connectivity index (χ1) is 15.3. The van der Waals surface area contributed by atoms with E-state index in [0.717, 1.165) is 11.4 Å². The van der Waals surface area contributed by atoms with Gasteiger partial charge in [0.25, 0.3) is 11.6 Å². The average molecular weight is 436 g/mol. The molecule has 4 aromatic rings. The van der Waals surface area contributed by atoms with E-state index in [2.05, 4.69) is 10.2 Å². The molecule has 10 heteroatoms. The van der Waals surface area contributed by atoms with Gasteiger partial charge in [-0.3, -0.25) is 10.1 Å². The lowest BCUT2D eigenvalue weighted by Crippen LogP contribution is -2.07. The number of nitro groups is 1. The molecule has 0 aliphatic heterocycles. The second-order valence-electron chi connectivity index (χ2n) is 6.98. The van der Waals surface area contributed by atoms with Gasteiger partial charge in [0, 0.05) is 34.8 Å². The largest absolute Gasteiger partial charge is 0.452 e. The van der Waals surface area contributed by atoms with E-state index in [1.54, 1.807) is 25.1 Å². The van der Waals surface area contributed by atoms with E-state index in [9.17, 15) is 19.3 Å². The van der Waals surface area contributed by atoms with Crippen molar-refractivity contribution in [3.63, 3.8) is 0 Å². The summed E-state index contributed by atoms with van der Waals surface area (Å²) in [7, 11) is 0. The first kappa shape index (κ1) is 20.9. The first-order valence-electron chi connectivity index (χ1n) is 9.52. The van der Waals surface area contributed by atoms with Gasteiger partial charge in [-0.15, -0.1) is 10.2 Å². The van der Waals surface area contributed by atoms with Crippen LogP contribution in [0.1, 0.15) is 27.6 Å². The summed E-state index contributed by atoms with van der Waals surface area (Å²) < 4.78 is 25.9. The zero-order chi connectivity index (χ0) is 22.8. The van der Waals surface area contributed by atoms with Gasteiger partial charge < -0.3 is 13.7 Å². The Morgan fingerprint density at radius 1 is 1.12 bits per heavy atom. The molecular formula is C22H17FN4O5. The van der Waals surface area contributed by atoms with Gasteiger partial charge in [0.1, 0.15) is 5.82 Å². The van der Waals surface area contributed by atoms with E-state index >= 15 is 0 Å². The Balaban J connectivity index is 1.46. The molecule has 2 aromatic carbocycles. The fourth-order valence-corrected chi connectivity index (χ4v) is 3.32. The lowest BCUT2D eigenvalue weighted by atomic mass is 10.2. The van der Waals surface area contributed by atoms with Crippen LogP contribution in [0.2, 0.25) is 0 Å². The van der Waals surface area contributed by atoms with Crippen LogP contribution in [0.25, 0.3) is 17.1 Å². The lowest BCUT2D eigenvalue weighted by molar-refractivity contribution is -0.384. The Morgan fingerprint density at radius 2 is 1.81 bits per heavy atom. The fourth-order valence-electron chi connectivity index (χ4n) is 3.32. The highest BCUT2D eigenvalue weighted by atomic mass is 19.1. The summed E-state index contributed by atoms with van der Waals surface area (Å²) in [6.07, 6.45) is 0. The van der Waals surface area contributed by atoms with E-state index in [4.69, 9.17) is 9.15 Å². The van der Waals surface area contributed by atoms with Crippen LogP contribution >= 0.6 is 0 Å². The highest BCUT2D eigenvalue weighted by Gasteiger charge is 2.19. The Bertz CT molecular complexity index is 1290. The molecule has 0 unspecified atom stereocenters. The third-order valence-corrected chi connectivity index (χ3v) is 4.85. The predicted molar refractivity (Wildman–Crippen MR) is 111 cm³/mol. The van der Waals surface area contributed by atoms with E-state index in [1.807, 2.05) is 11.5 Å². The van der Waals surface area contributed by atoms with Crippen LogP contribution in [0.3, 0.4) is 0 Å². The van der Waals surface area contributed by atoms with Crippen molar-refractivity contribution in [2.75, 3.05) is 0 Å². The summed E-state index contributed by atoms with van der Waals surface area (Å²) in [6.45, 7) is 3.37. The number of rotatable bonds is 6. The molecule has 162 valence electrons. The van der Waals surface area contributed by atoms with Gasteiger partial charge in [0.2, 0.25) is 5.89 Å². The van der Waals surface area contributed by atoms with Gasteiger partial charge in [-0.2, -0.15) is 0 Å². The molecule has 2 heterocycles. The molecule has 32 heavy (non-hydrogen) atoms. The van der Waals surface area contributed by atoms with Crippen LogP contribution in [0.15, 0.2) is 59.0 Å². The number of esters is 1. The minimum Gasteiger partial charge on any atom is -0.452 e. The van der Waals surface area contributed by atoms with Gasteiger partial charge >= 0.3 is 5.97 Å². The maximum Gasteiger partial charge on any atom is 0.340 e. The molecule has 0 radical (unpaired) electrons. The summed E-state index contributed by atoms with van der Waals surface area (Å²) in [5.74, 6) is -0.676. The maximum absolute atomic E-state index is 13.2. The van der Waals surface area contributed by atoms with Crippen LogP contribution in [-0.4, -0.2) is 25.7 Å². The van der Waals surface area contributed by atoms with Crippen molar-refractivity contribution in [3.8, 4) is 17.1 Å². The normalized spacial score (nSPS) is 10.8. The highest BCUT2D eigenvalue weighted by Crippen LogP contribution is 2.23. The fraction of sp³-hybridized carbons (Fsp3) is 0.136. The second-order valence-corrected chi connectivity index (χ2v) is 6.98. The summed E-state index contributed by atoms with van der Waals surface area (Å²) in [5.41, 5.74) is 2.98. The second kappa shape index (κ2) is 8.42. The van der Waals surface area contributed by atoms with Gasteiger partial charge in [0.15, 0.2) is 6.61 Å². The van der Waals surface area contributed by atoms with Gasteiger partial charge in [-0.05, 0) is 56.3 Å².